The fourth-order valence-corrected chi connectivity index (χ4v) is 2.60. The quantitative estimate of drug-likeness (QED) is 0.831. The first-order valence-corrected chi connectivity index (χ1v) is 7.55. The standard InChI is InChI=1S/C15H25N3O2/c1-3-7-16-13(11-12-6-4-5-10-20-12)14-15(19-2)18-9-8-17-14/h8-9,12-13,16H,3-7,10-11H2,1-2H3. The van der Waals surface area contributed by atoms with E-state index in [0.29, 0.717) is 12.0 Å². The summed E-state index contributed by atoms with van der Waals surface area (Å²) in [5.41, 5.74) is 0.887. The molecule has 5 heteroatoms. The molecule has 2 heterocycles. The number of nitrogens with one attached hydrogen (secondary N) is 1. The highest BCUT2D eigenvalue weighted by Crippen LogP contribution is 2.27. The Morgan fingerprint density at radius 3 is 2.95 bits per heavy atom. The van der Waals surface area contributed by atoms with Crippen LogP contribution in [0.25, 0.3) is 0 Å². The van der Waals surface area contributed by atoms with Crippen molar-refractivity contribution in [2.24, 2.45) is 0 Å². The van der Waals surface area contributed by atoms with Gasteiger partial charge in [0, 0.05) is 19.0 Å². The summed E-state index contributed by atoms with van der Waals surface area (Å²) < 4.78 is 11.2. The van der Waals surface area contributed by atoms with E-state index in [-0.39, 0.29) is 6.04 Å². The van der Waals surface area contributed by atoms with E-state index in [1.54, 1.807) is 19.5 Å². The zero-order valence-electron chi connectivity index (χ0n) is 12.5. The van der Waals surface area contributed by atoms with Crippen LogP contribution in [0.2, 0.25) is 0 Å². The summed E-state index contributed by atoms with van der Waals surface area (Å²) >= 11 is 0. The highest BCUT2D eigenvalue weighted by molar-refractivity contribution is 5.21. The molecule has 0 aliphatic carbocycles. The maximum Gasteiger partial charge on any atom is 0.236 e. The summed E-state index contributed by atoms with van der Waals surface area (Å²) in [6.45, 7) is 3.99. The first-order valence-electron chi connectivity index (χ1n) is 7.55. The lowest BCUT2D eigenvalue weighted by atomic mass is 9.99. The summed E-state index contributed by atoms with van der Waals surface area (Å²) in [4.78, 5) is 8.72. The number of aromatic nitrogens is 2. The van der Waals surface area contributed by atoms with E-state index in [1.807, 2.05) is 0 Å². The Kier molecular flexibility index (Phi) is 6.21. The van der Waals surface area contributed by atoms with Crippen LogP contribution in [0.5, 0.6) is 5.88 Å². The third kappa shape index (κ3) is 4.15. The largest absolute Gasteiger partial charge is 0.480 e. The van der Waals surface area contributed by atoms with Crippen molar-refractivity contribution in [2.75, 3.05) is 20.3 Å². The van der Waals surface area contributed by atoms with E-state index >= 15 is 0 Å². The fourth-order valence-electron chi connectivity index (χ4n) is 2.60. The summed E-state index contributed by atoms with van der Waals surface area (Å²) in [7, 11) is 1.64. The molecule has 112 valence electrons. The number of nitrogens with zero attached hydrogens (tertiary/aromatic N) is 2. The summed E-state index contributed by atoms with van der Waals surface area (Å²) in [6, 6.07) is 0.140. The van der Waals surface area contributed by atoms with E-state index in [0.717, 1.165) is 38.1 Å². The summed E-state index contributed by atoms with van der Waals surface area (Å²) in [5.74, 6) is 0.608. The van der Waals surface area contributed by atoms with Crippen molar-refractivity contribution in [1.29, 1.82) is 0 Å². The first-order chi connectivity index (χ1) is 9.85. The Bertz CT molecular complexity index is 394. The van der Waals surface area contributed by atoms with Crippen molar-refractivity contribution in [3.8, 4) is 5.88 Å². The average Bonchev–Trinajstić information content (AvgIpc) is 2.52. The minimum absolute atomic E-state index is 0.140. The average molecular weight is 279 g/mol. The lowest BCUT2D eigenvalue weighted by Gasteiger charge is -2.27. The number of rotatable bonds is 7. The van der Waals surface area contributed by atoms with Crippen molar-refractivity contribution in [3.63, 3.8) is 0 Å². The van der Waals surface area contributed by atoms with Crippen LogP contribution < -0.4 is 10.1 Å². The molecular weight excluding hydrogens is 254 g/mol. The smallest absolute Gasteiger partial charge is 0.236 e. The monoisotopic (exact) mass is 279 g/mol. The molecule has 1 aromatic heterocycles. The van der Waals surface area contributed by atoms with Gasteiger partial charge in [-0.15, -0.1) is 0 Å². The zero-order valence-corrected chi connectivity index (χ0v) is 12.5. The maximum absolute atomic E-state index is 5.85. The molecule has 1 aromatic rings. The fraction of sp³-hybridized carbons (Fsp3) is 0.733. The zero-order chi connectivity index (χ0) is 14.2. The van der Waals surface area contributed by atoms with Crippen LogP contribution in [0.15, 0.2) is 12.4 Å². The first kappa shape index (κ1) is 15.2. The van der Waals surface area contributed by atoms with Gasteiger partial charge in [-0.05, 0) is 38.6 Å². The topological polar surface area (TPSA) is 56.3 Å². The van der Waals surface area contributed by atoms with Crippen LogP contribution in [0.1, 0.15) is 50.8 Å². The molecule has 2 atom stereocenters. The number of ether oxygens (including phenoxy) is 2. The van der Waals surface area contributed by atoms with Gasteiger partial charge in [-0.3, -0.25) is 4.98 Å². The SMILES string of the molecule is CCCNC(CC1CCCCO1)c1nccnc1OC. The lowest BCUT2D eigenvalue weighted by Crippen LogP contribution is -2.30. The third-order valence-electron chi connectivity index (χ3n) is 3.63. The van der Waals surface area contributed by atoms with Crippen LogP contribution in [0.3, 0.4) is 0 Å². The highest BCUT2D eigenvalue weighted by Gasteiger charge is 2.24. The lowest BCUT2D eigenvalue weighted by molar-refractivity contribution is 0.00462. The van der Waals surface area contributed by atoms with Crippen LogP contribution in [0.4, 0.5) is 0 Å². The maximum atomic E-state index is 5.85. The molecule has 1 fully saturated rings. The molecule has 0 spiro atoms. The van der Waals surface area contributed by atoms with Gasteiger partial charge in [0.15, 0.2) is 0 Å². The predicted molar refractivity (Wildman–Crippen MR) is 77.8 cm³/mol. The molecule has 0 aromatic carbocycles. The van der Waals surface area contributed by atoms with Gasteiger partial charge in [0.1, 0.15) is 5.69 Å². The molecule has 2 rings (SSSR count). The molecule has 1 aliphatic heterocycles. The molecule has 0 saturated carbocycles. The van der Waals surface area contributed by atoms with Gasteiger partial charge in [-0.2, -0.15) is 0 Å². The van der Waals surface area contributed by atoms with Crippen LogP contribution >= 0.6 is 0 Å². The second-order valence-corrected chi connectivity index (χ2v) is 5.18. The van der Waals surface area contributed by atoms with Crippen molar-refractivity contribution >= 4 is 0 Å². The Hall–Kier alpha value is -1.20. The predicted octanol–water partition coefficient (Wildman–Crippen LogP) is 2.49. The van der Waals surface area contributed by atoms with Crippen molar-refractivity contribution in [3.05, 3.63) is 18.1 Å². The van der Waals surface area contributed by atoms with Crippen LogP contribution in [-0.4, -0.2) is 36.3 Å². The molecule has 5 nitrogen and oxygen atoms in total. The molecule has 1 aliphatic rings. The van der Waals surface area contributed by atoms with Gasteiger partial charge in [0.2, 0.25) is 5.88 Å². The normalized spacial score (nSPS) is 20.6. The molecule has 0 bridgehead atoms. The Balaban J connectivity index is 2.08. The second kappa shape index (κ2) is 8.17. The van der Waals surface area contributed by atoms with E-state index in [4.69, 9.17) is 9.47 Å². The Labute approximate surface area is 121 Å². The van der Waals surface area contributed by atoms with Gasteiger partial charge in [0.05, 0.1) is 19.3 Å². The van der Waals surface area contributed by atoms with E-state index in [9.17, 15) is 0 Å². The van der Waals surface area contributed by atoms with Gasteiger partial charge in [0.25, 0.3) is 0 Å². The molecule has 0 radical (unpaired) electrons. The Morgan fingerprint density at radius 1 is 1.40 bits per heavy atom. The molecule has 1 saturated heterocycles. The van der Waals surface area contributed by atoms with Crippen molar-refractivity contribution in [2.45, 2.75) is 51.2 Å². The number of hydrogen-bond donors (Lipinski definition) is 1. The van der Waals surface area contributed by atoms with Gasteiger partial charge in [-0.25, -0.2) is 4.98 Å². The van der Waals surface area contributed by atoms with Gasteiger partial charge < -0.3 is 14.8 Å². The van der Waals surface area contributed by atoms with E-state index < -0.39 is 0 Å². The summed E-state index contributed by atoms with van der Waals surface area (Å²) in [6.07, 6.45) is 9.27. The third-order valence-corrected chi connectivity index (χ3v) is 3.63. The number of hydrogen-bond acceptors (Lipinski definition) is 5. The van der Waals surface area contributed by atoms with Gasteiger partial charge in [-0.1, -0.05) is 6.92 Å². The van der Waals surface area contributed by atoms with E-state index in [1.165, 1.54) is 12.8 Å². The summed E-state index contributed by atoms with van der Waals surface area (Å²) in [5, 5.41) is 3.55. The number of methoxy groups -OCH3 is 1. The minimum atomic E-state index is 0.140. The van der Waals surface area contributed by atoms with Crippen LogP contribution in [-0.2, 0) is 4.74 Å². The van der Waals surface area contributed by atoms with Crippen molar-refractivity contribution < 1.29 is 9.47 Å². The van der Waals surface area contributed by atoms with E-state index in [2.05, 4.69) is 22.2 Å². The molecule has 1 N–H and O–H groups in total. The Morgan fingerprint density at radius 2 is 2.25 bits per heavy atom. The molecule has 20 heavy (non-hydrogen) atoms. The molecule has 2 unspecified atom stereocenters. The molecular formula is C15H25N3O2. The minimum Gasteiger partial charge on any atom is -0.480 e. The highest BCUT2D eigenvalue weighted by atomic mass is 16.5. The van der Waals surface area contributed by atoms with Gasteiger partial charge >= 0.3 is 0 Å². The van der Waals surface area contributed by atoms with Crippen molar-refractivity contribution in [1.82, 2.24) is 15.3 Å². The second-order valence-electron chi connectivity index (χ2n) is 5.18. The van der Waals surface area contributed by atoms with Crippen LogP contribution in [0, 0.1) is 0 Å². The molecule has 0 amide bonds.